The third-order valence-corrected chi connectivity index (χ3v) is 2.14. The van der Waals surface area contributed by atoms with E-state index in [2.05, 4.69) is 4.98 Å². The van der Waals surface area contributed by atoms with Crippen molar-refractivity contribution in [2.75, 3.05) is 0 Å². The highest BCUT2D eigenvalue weighted by Gasteiger charge is 2.16. The number of aryl methyl sites for hydroxylation is 1. The monoisotopic (exact) mass is 178 g/mol. The molecule has 0 fully saturated rings. The minimum absolute atomic E-state index is 0.0208. The highest BCUT2D eigenvalue weighted by molar-refractivity contribution is 7.15. The third kappa shape index (κ3) is 1.25. The van der Waals surface area contributed by atoms with Crippen LogP contribution in [-0.4, -0.2) is 9.91 Å². The number of hydrogen-bond acceptors (Lipinski definition) is 4. The van der Waals surface area contributed by atoms with Crippen LogP contribution in [0.3, 0.4) is 0 Å². The van der Waals surface area contributed by atoms with Crippen molar-refractivity contribution in [2.24, 2.45) is 0 Å². The van der Waals surface area contributed by atoms with Gasteiger partial charge in [-0.15, -0.1) is 0 Å². The lowest BCUT2D eigenvalue weighted by atomic mass is 10.8. The Labute approximate surface area is 65.6 Å². The van der Waals surface area contributed by atoms with Crippen LogP contribution in [0.15, 0.2) is 0 Å². The van der Waals surface area contributed by atoms with Gasteiger partial charge in [0.2, 0.25) is 5.15 Å². The van der Waals surface area contributed by atoms with Crippen molar-refractivity contribution < 1.29 is 4.92 Å². The molecule has 6 heteroatoms. The molecule has 1 heterocycles. The van der Waals surface area contributed by atoms with E-state index in [1.165, 1.54) is 0 Å². The van der Waals surface area contributed by atoms with Gasteiger partial charge in [-0.3, -0.25) is 10.1 Å². The summed E-state index contributed by atoms with van der Waals surface area (Å²) in [6, 6.07) is 0. The lowest BCUT2D eigenvalue weighted by Crippen LogP contribution is -1.82. The van der Waals surface area contributed by atoms with Gasteiger partial charge in [-0.25, -0.2) is 4.98 Å². The Morgan fingerprint density at radius 2 is 2.40 bits per heavy atom. The second kappa shape index (κ2) is 2.51. The van der Waals surface area contributed by atoms with Crippen LogP contribution in [0.4, 0.5) is 5.00 Å². The van der Waals surface area contributed by atoms with E-state index in [0.717, 1.165) is 11.3 Å². The van der Waals surface area contributed by atoms with Crippen molar-refractivity contribution in [1.29, 1.82) is 0 Å². The third-order valence-electron chi connectivity index (χ3n) is 0.842. The number of rotatable bonds is 1. The maximum absolute atomic E-state index is 10.1. The molecule has 0 aliphatic rings. The van der Waals surface area contributed by atoms with Gasteiger partial charge in [-0.1, -0.05) is 11.6 Å². The molecule has 0 saturated heterocycles. The SMILES string of the molecule is Cc1nc(Cl)c([N+](=O)[O-])s1. The molecule has 0 bridgehead atoms. The summed E-state index contributed by atoms with van der Waals surface area (Å²) < 4.78 is 0. The number of nitrogens with zero attached hydrogens (tertiary/aromatic N) is 2. The molecule has 0 saturated carbocycles. The largest absolute Gasteiger partial charge is 0.362 e. The number of hydrogen-bond donors (Lipinski definition) is 0. The van der Waals surface area contributed by atoms with Crippen molar-refractivity contribution in [3.63, 3.8) is 0 Å². The minimum Gasteiger partial charge on any atom is -0.257 e. The van der Waals surface area contributed by atoms with Crippen LogP contribution < -0.4 is 0 Å². The fourth-order valence-electron chi connectivity index (χ4n) is 0.503. The first-order chi connectivity index (χ1) is 4.61. The maximum Gasteiger partial charge on any atom is 0.362 e. The smallest absolute Gasteiger partial charge is 0.257 e. The molecule has 0 unspecified atom stereocenters. The Kier molecular flexibility index (Phi) is 1.87. The van der Waals surface area contributed by atoms with Crippen LogP contribution in [0.25, 0.3) is 0 Å². The van der Waals surface area contributed by atoms with Crippen LogP contribution in [-0.2, 0) is 0 Å². The molecule has 0 radical (unpaired) electrons. The molecular weight excluding hydrogens is 176 g/mol. The lowest BCUT2D eigenvalue weighted by molar-refractivity contribution is -0.380. The van der Waals surface area contributed by atoms with Gasteiger partial charge in [0.05, 0.1) is 9.93 Å². The lowest BCUT2D eigenvalue weighted by Gasteiger charge is -1.79. The summed E-state index contributed by atoms with van der Waals surface area (Å²) in [5, 5.41) is 10.6. The molecule has 0 aliphatic heterocycles. The van der Waals surface area contributed by atoms with E-state index in [1.807, 2.05) is 0 Å². The van der Waals surface area contributed by atoms with Gasteiger partial charge in [0.1, 0.15) is 0 Å². The van der Waals surface area contributed by atoms with Crippen LogP contribution >= 0.6 is 22.9 Å². The van der Waals surface area contributed by atoms with Crippen molar-refractivity contribution in [2.45, 2.75) is 6.92 Å². The van der Waals surface area contributed by atoms with Gasteiger partial charge in [-0.05, 0) is 18.3 Å². The normalized spacial score (nSPS) is 9.80. The molecular formula is C4H3ClN2O2S. The molecule has 1 aromatic rings. The van der Waals surface area contributed by atoms with E-state index in [1.54, 1.807) is 6.92 Å². The molecule has 0 amide bonds. The summed E-state index contributed by atoms with van der Waals surface area (Å²) in [7, 11) is 0. The Balaban J connectivity index is 3.15. The van der Waals surface area contributed by atoms with Gasteiger partial charge >= 0.3 is 5.00 Å². The van der Waals surface area contributed by atoms with E-state index < -0.39 is 4.92 Å². The molecule has 4 nitrogen and oxygen atoms in total. The Bertz CT molecular complexity index is 272. The highest BCUT2D eigenvalue weighted by Crippen LogP contribution is 2.29. The maximum atomic E-state index is 10.1. The first-order valence-electron chi connectivity index (χ1n) is 2.38. The molecule has 54 valence electrons. The minimum atomic E-state index is -0.535. The summed E-state index contributed by atoms with van der Waals surface area (Å²) >= 11 is 6.38. The van der Waals surface area contributed by atoms with Crippen LogP contribution in [0.1, 0.15) is 5.01 Å². The van der Waals surface area contributed by atoms with Crippen LogP contribution in [0.5, 0.6) is 0 Å². The average molecular weight is 179 g/mol. The molecule has 1 rings (SSSR count). The number of nitro groups is 1. The number of thiazole rings is 1. The number of halogens is 1. The van der Waals surface area contributed by atoms with Gasteiger partial charge in [0.15, 0.2) is 0 Å². The molecule has 0 atom stereocenters. The zero-order valence-electron chi connectivity index (χ0n) is 5.00. The fourth-order valence-corrected chi connectivity index (χ4v) is 1.49. The fraction of sp³-hybridized carbons (Fsp3) is 0.250. The summed E-state index contributed by atoms with van der Waals surface area (Å²) in [6.07, 6.45) is 0. The zero-order valence-corrected chi connectivity index (χ0v) is 6.57. The topological polar surface area (TPSA) is 56.0 Å². The second-order valence-electron chi connectivity index (χ2n) is 1.59. The second-order valence-corrected chi connectivity index (χ2v) is 3.13. The van der Waals surface area contributed by atoms with Crippen LogP contribution in [0.2, 0.25) is 5.15 Å². The number of aromatic nitrogens is 1. The summed E-state index contributed by atoms with van der Waals surface area (Å²) in [4.78, 5) is 13.3. The van der Waals surface area contributed by atoms with E-state index in [-0.39, 0.29) is 10.2 Å². The van der Waals surface area contributed by atoms with Crippen molar-refractivity contribution in [1.82, 2.24) is 4.98 Å². The Hall–Kier alpha value is -0.680. The average Bonchev–Trinajstić information content (AvgIpc) is 2.10. The Morgan fingerprint density at radius 1 is 1.80 bits per heavy atom. The van der Waals surface area contributed by atoms with Crippen LogP contribution in [0, 0.1) is 17.0 Å². The molecule has 0 aliphatic carbocycles. The van der Waals surface area contributed by atoms with Crippen molar-refractivity contribution in [3.8, 4) is 0 Å². The van der Waals surface area contributed by atoms with E-state index in [0.29, 0.717) is 5.01 Å². The first-order valence-corrected chi connectivity index (χ1v) is 3.58. The first kappa shape index (κ1) is 7.43. The van der Waals surface area contributed by atoms with Gasteiger partial charge in [-0.2, -0.15) is 0 Å². The standard InChI is InChI=1S/C4H3ClN2O2S/c1-2-6-3(5)4(10-2)7(8)9/h1H3. The molecule has 10 heavy (non-hydrogen) atoms. The van der Waals surface area contributed by atoms with Crippen molar-refractivity contribution in [3.05, 3.63) is 20.3 Å². The predicted molar refractivity (Wildman–Crippen MR) is 38.5 cm³/mol. The molecule has 0 spiro atoms. The predicted octanol–water partition coefficient (Wildman–Crippen LogP) is 2.01. The van der Waals surface area contributed by atoms with Gasteiger partial charge in [0, 0.05) is 0 Å². The zero-order chi connectivity index (χ0) is 7.72. The molecule has 0 N–H and O–H groups in total. The van der Waals surface area contributed by atoms with Gasteiger partial charge in [0.25, 0.3) is 0 Å². The quantitative estimate of drug-likeness (QED) is 0.488. The summed E-state index contributed by atoms with van der Waals surface area (Å²) in [5.74, 6) is 0. The van der Waals surface area contributed by atoms with E-state index in [4.69, 9.17) is 11.6 Å². The molecule has 0 aromatic carbocycles. The van der Waals surface area contributed by atoms with Gasteiger partial charge < -0.3 is 0 Å². The molecule has 1 aromatic heterocycles. The highest BCUT2D eigenvalue weighted by atomic mass is 35.5. The summed E-state index contributed by atoms with van der Waals surface area (Å²) in [5.41, 5.74) is 0. The Morgan fingerprint density at radius 3 is 2.60 bits per heavy atom. The van der Waals surface area contributed by atoms with Crippen molar-refractivity contribution >= 4 is 27.9 Å². The van der Waals surface area contributed by atoms with E-state index in [9.17, 15) is 10.1 Å². The summed E-state index contributed by atoms with van der Waals surface area (Å²) in [6.45, 7) is 1.67. The van der Waals surface area contributed by atoms with E-state index >= 15 is 0 Å².